The van der Waals surface area contributed by atoms with Gasteiger partial charge in [0.25, 0.3) is 0 Å². The van der Waals surface area contributed by atoms with Gasteiger partial charge in [-0.15, -0.1) is 0 Å². The molecule has 0 bridgehead atoms. The smallest absolute Gasteiger partial charge is 0.387 e. The van der Waals surface area contributed by atoms with Gasteiger partial charge in [-0.1, -0.05) is 42.8 Å². The summed E-state index contributed by atoms with van der Waals surface area (Å²) in [5, 5.41) is 3.35. The summed E-state index contributed by atoms with van der Waals surface area (Å²) in [6.45, 7) is -0.133. The zero-order valence-corrected chi connectivity index (χ0v) is 12.3. The molecular formula is C16H16ClF2NO. The van der Waals surface area contributed by atoms with Crippen LogP contribution < -0.4 is 10.1 Å². The standard InChI is InChI=1S/C16H16ClF2NO/c1-2-11-3-5-12(6-4-11)10-20-13-7-8-15(14(17)9-13)21-16(18)19/h3-9,16,20H,2,10H2,1H3. The van der Waals surface area contributed by atoms with Gasteiger partial charge >= 0.3 is 6.61 Å². The Bertz CT molecular complexity index is 587. The Morgan fingerprint density at radius 2 is 1.76 bits per heavy atom. The quantitative estimate of drug-likeness (QED) is 0.800. The highest BCUT2D eigenvalue weighted by atomic mass is 35.5. The molecule has 0 radical (unpaired) electrons. The van der Waals surface area contributed by atoms with Crippen molar-refractivity contribution in [3.8, 4) is 5.75 Å². The molecule has 0 aliphatic rings. The van der Waals surface area contributed by atoms with Crippen molar-refractivity contribution >= 4 is 17.3 Å². The molecule has 0 spiro atoms. The molecule has 1 N–H and O–H groups in total. The molecule has 5 heteroatoms. The average molecular weight is 312 g/mol. The molecular weight excluding hydrogens is 296 g/mol. The van der Waals surface area contributed by atoms with Gasteiger partial charge in [-0.2, -0.15) is 8.78 Å². The van der Waals surface area contributed by atoms with Crippen LogP contribution in [0.4, 0.5) is 14.5 Å². The van der Waals surface area contributed by atoms with Crippen molar-refractivity contribution in [1.82, 2.24) is 0 Å². The Morgan fingerprint density at radius 3 is 2.33 bits per heavy atom. The Balaban J connectivity index is 1.98. The molecule has 0 aliphatic heterocycles. The van der Waals surface area contributed by atoms with Crippen LogP contribution in [0.2, 0.25) is 5.02 Å². The fraction of sp³-hybridized carbons (Fsp3) is 0.250. The molecule has 0 amide bonds. The van der Waals surface area contributed by atoms with E-state index in [9.17, 15) is 8.78 Å². The number of benzene rings is 2. The lowest BCUT2D eigenvalue weighted by atomic mass is 10.1. The number of aryl methyl sites for hydroxylation is 1. The first-order valence-corrected chi connectivity index (χ1v) is 7.02. The normalized spacial score (nSPS) is 10.7. The van der Waals surface area contributed by atoms with Gasteiger partial charge < -0.3 is 10.1 Å². The Kier molecular flexibility index (Phi) is 5.39. The molecule has 0 saturated carbocycles. The van der Waals surface area contributed by atoms with E-state index >= 15 is 0 Å². The summed E-state index contributed by atoms with van der Waals surface area (Å²) in [5.41, 5.74) is 3.17. The maximum Gasteiger partial charge on any atom is 0.387 e. The summed E-state index contributed by atoms with van der Waals surface area (Å²) in [5.74, 6) is -0.0236. The van der Waals surface area contributed by atoms with E-state index in [0.29, 0.717) is 6.54 Å². The van der Waals surface area contributed by atoms with Crippen LogP contribution in [0.25, 0.3) is 0 Å². The van der Waals surface area contributed by atoms with E-state index in [1.54, 1.807) is 12.1 Å². The average Bonchev–Trinajstić information content (AvgIpc) is 2.48. The minimum absolute atomic E-state index is 0.0236. The highest BCUT2D eigenvalue weighted by Gasteiger charge is 2.08. The molecule has 2 rings (SSSR count). The predicted octanol–water partition coefficient (Wildman–Crippen LogP) is 5.12. The van der Waals surface area contributed by atoms with Crippen molar-refractivity contribution in [1.29, 1.82) is 0 Å². The maximum atomic E-state index is 12.1. The molecule has 0 aromatic heterocycles. The van der Waals surface area contributed by atoms with E-state index in [0.717, 1.165) is 17.7 Å². The number of nitrogens with one attached hydrogen (secondary N) is 1. The molecule has 0 saturated heterocycles. The molecule has 112 valence electrons. The Morgan fingerprint density at radius 1 is 1.10 bits per heavy atom. The Labute approximate surface area is 127 Å². The number of hydrogen-bond donors (Lipinski definition) is 1. The Hall–Kier alpha value is -1.81. The van der Waals surface area contributed by atoms with E-state index in [-0.39, 0.29) is 10.8 Å². The molecule has 0 atom stereocenters. The lowest BCUT2D eigenvalue weighted by Crippen LogP contribution is -2.03. The SMILES string of the molecule is CCc1ccc(CNc2ccc(OC(F)F)c(Cl)c2)cc1. The monoisotopic (exact) mass is 311 g/mol. The number of anilines is 1. The van der Waals surface area contributed by atoms with E-state index in [1.807, 2.05) is 0 Å². The zero-order valence-electron chi connectivity index (χ0n) is 11.6. The molecule has 0 heterocycles. The first kappa shape index (κ1) is 15.6. The van der Waals surface area contributed by atoms with Crippen LogP contribution in [0.3, 0.4) is 0 Å². The first-order chi connectivity index (χ1) is 10.1. The number of rotatable bonds is 6. The van der Waals surface area contributed by atoms with Gasteiger partial charge in [-0.3, -0.25) is 0 Å². The van der Waals surface area contributed by atoms with Crippen molar-refractivity contribution in [3.05, 3.63) is 58.6 Å². The second-order valence-corrected chi connectivity index (χ2v) is 4.95. The lowest BCUT2D eigenvalue weighted by Gasteiger charge is -2.10. The predicted molar refractivity (Wildman–Crippen MR) is 81.2 cm³/mol. The topological polar surface area (TPSA) is 21.3 Å². The van der Waals surface area contributed by atoms with Gasteiger partial charge in [-0.25, -0.2) is 0 Å². The minimum Gasteiger partial charge on any atom is -0.433 e. The van der Waals surface area contributed by atoms with Crippen LogP contribution >= 0.6 is 11.6 Å². The number of ether oxygens (including phenoxy) is 1. The summed E-state index contributed by atoms with van der Waals surface area (Å²) in [6, 6.07) is 12.9. The lowest BCUT2D eigenvalue weighted by molar-refractivity contribution is -0.0497. The highest BCUT2D eigenvalue weighted by Crippen LogP contribution is 2.29. The van der Waals surface area contributed by atoms with E-state index in [2.05, 4.69) is 41.2 Å². The second-order valence-electron chi connectivity index (χ2n) is 4.55. The van der Waals surface area contributed by atoms with Gasteiger partial charge in [0.2, 0.25) is 0 Å². The van der Waals surface area contributed by atoms with Gasteiger partial charge in [0, 0.05) is 12.2 Å². The zero-order chi connectivity index (χ0) is 15.2. The summed E-state index contributed by atoms with van der Waals surface area (Å²) in [4.78, 5) is 0. The van der Waals surface area contributed by atoms with Gasteiger partial charge in [0.15, 0.2) is 0 Å². The summed E-state index contributed by atoms with van der Waals surface area (Å²) >= 11 is 5.90. The van der Waals surface area contributed by atoms with Crippen molar-refractivity contribution in [2.24, 2.45) is 0 Å². The molecule has 21 heavy (non-hydrogen) atoms. The van der Waals surface area contributed by atoms with Crippen LogP contribution in [-0.2, 0) is 13.0 Å². The third kappa shape index (κ3) is 4.60. The number of halogens is 3. The van der Waals surface area contributed by atoms with E-state index in [1.165, 1.54) is 11.6 Å². The second kappa shape index (κ2) is 7.27. The molecule has 0 fully saturated rings. The molecule has 2 aromatic carbocycles. The van der Waals surface area contributed by atoms with Crippen LogP contribution in [0.1, 0.15) is 18.1 Å². The summed E-state index contributed by atoms with van der Waals surface area (Å²) < 4.78 is 28.6. The van der Waals surface area contributed by atoms with E-state index < -0.39 is 6.61 Å². The third-order valence-corrected chi connectivity index (χ3v) is 3.37. The fourth-order valence-corrected chi connectivity index (χ4v) is 2.12. The van der Waals surface area contributed by atoms with Crippen LogP contribution in [0.5, 0.6) is 5.75 Å². The maximum absolute atomic E-state index is 12.1. The number of hydrogen-bond acceptors (Lipinski definition) is 2. The largest absolute Gasteiger partial charge is 0.433 e. The van der Waals surface area contributed by atoms with Crippen LogP contribution in [0, 0.1) is 0 Å². The van der Waals surface area contributed by atoms with Crippen molar-refractivity contribution in [2.45, 2.75) is 26.5 Å². The molecule has 0 aliphatic carbocycles. The van der Waals surface area contributed by atoms with Crippen LogP contribution in [0.15, 0.2) is 42.5 Å². The highest BCUT2D eigenvalue weighted by molar-refractivity contribution is 6.32. The van der Waals surface area contributed by atoms with Crippen LogP contribution in [-0.4, -0.2) is 6.61 Å². The van der Waals surface area contributed by atoms with Crippen molar-refractivity contribution in [3.63, 3.8) is 0 Å². The van der Waals surface area contributed by atoms with Crippen molar-refractivity contribution in [2.75, 3.05) is 5.32 Å². The first-order valence-electron chi connectivity index (χ1n) is 6.64. The summed E-state index contributed by atoms with van der Waals surface area (Å²) in [7, 11) is 0. The minimum atomic E-state index is -2.88. The number of alkyl halides is 2. The molecule has 2 nitrogen and oxygen atoms in total. The van der Waals surface area contributed by atoms with E-state index in [4.69, 9.17) is 11.6 Å². The van der Waals surface area contributed by atoms with Gasteiger partial charge in [0.05, 0.1) is 5.02 Å². The van der Waals surface area contributed by atoms with Gasteiger partial charge in [-0.05, 0) is 35.7 Å². The summed E-state index contributed by atoms with van der Waals surface area (Å²) in [6.07, 6.45) is 1.01. The molecule has 0 unspecified atom stereocenters. The third-order valence-electron chi connectivity index (χ3n) is 3.08. The molecule has 2 aromatic rings. The fourth-order valence-electron chi connectivity index (χ4n) is 1.90. The van der Waals surface area contributed by atoms with Crippen molar-refractivity contribution < 1.29 is 13.5 Å². The van der Waals surface area contributed by atoms with Gasteiger partial charge in [0.1, 0.15) is 5.75 Å².